The van der Waals surface area contributed by atoms with Crippen molar-refractivity contribution in [2.24, 2.45) is 0 Å². The summed E-state index contributed by atoms with van der Waals surface area (Å²) in [7, 11) is 0. The molecule has 0 bridgehead atoms. The molecule has 0 radical (unpaired) electrons. The predicted octanol–water partition coefficient (Wildman–Crippen LogP) is 6.58. The van der Waals surface area contributed by atoms with Crippen LogP contribution in [0.15, 0.2) is 40.9 Å². The molecule has 2 aromatic carbocycles. The minimum atomic E-state index is 0.114. The van der Waals surface area contributed by atoms with Crippen LogP contribution in [-0.4, -0.2) is 0 Å². The molecule has 0 amide bonds. The highest BCUT2D eigenvalue weighted by Crippen LogP contribution is 2.34. The Morgan fingerprint density at radius 3 is 2.16 bits per heavy atom. The van der Waals surface area contributed by atoms with E-state index in [1.807, 2.05) is 24.3 Å². The van der Waals surface area contributed by atoms with Gasteiger partial charge in [0.1, 0.15) is 0 Å². The third-order valence-corrected chi connectivity index (χ3v) is 4.32. The quantitative estimate of drug-likeness (QED) is 0.594. The molecule has 2 aromatic rings. The van der Waals surface area contributed by atoms with Crippen molar-refractivity contribution in [3.05, 3.63) is 61.5 Å². The van der Waals surface area contributed by atoms with E-state index >= 15 is 0 Å². The number of benzene rings is 2. The van der Waals surface area contributed by atoms with Crippen molar-refractivity contribution >= 4 is 56.4 Å². The third-order valence-electron chi connectivity index (χ3n) is 2.75. The molecule has 0 saturated heterocycles. The van der Waals surface area contributed by atoms with E-state index in [4.69, 9.17) is 34.8 Å². The summed E-state index contributed by atoms with van der Waals surface area (Å²) in [5, 5.41) is 4.81. The van der Waals surface area contributed by atoms with E-state index in [1.165, 1.54) is 0 Å². The van der Waals surface area contributed by atoms with Crippen molar-refractivity contribution in [3.63, 3.8) is 0 Å². The van der Waals surface area contributed by atoms with Gasteiger partial charge in [0.2, 0.25) is 0 Å². The average molecular weight is 380 g/mol. The van der Waals surface area contributed by atoms with Crippen LogP contribution in [0.2, 0.25) is 15.1 Å². The first-order chi connectivity index (χ1) is 8.97. The van der Waals surface area contributed by atoms with Crippen molar-refractivity contribution in [1.29, 1.82) is 0 Å². The second kappa shape index (κ2) is 6.36. The van der Waals surface area contributed by atoms with Gasteiger partial charge >= 0.3 is 0 Å². The van der Waals surface area contributed by atoms with E-state index in [2.05, 4.69) is 28.2 Å². The lowest BCUT2D eigenvalue weighted by Crippen LogP contribution is -2.06. The maximum atomic E-state index is 6.15. The fourth-order valence-corrected chi connectivity index (χ4v) is 2.57. The molecule has 19 heavy (non-hydrogen) atoms. The first kappa shape index (κ1) is 15.0. The number of rotatable bonds is 3. The number of halogens is 4. The van der Waals surface area contributed by atoms with Crippen LogP contribution in [0.3, 0.4) is 0 Å². The van der Waals surface area contributed by atoms with Gasteiger partial charge in [-0.3, -0.25) is 0 Å². The highest BCUT2D eigenvalue weighted by Gasteiger charge is 2.10. The van der Waals surface area contributed by atoms with Crippen molar-refractivity contribution in [3.8, 4) is 0 Å². The van der Waals surface area contributed by atoms with Gasteiger partial charge in [-0.25, -0.2) is 0 Å². The molecule has 1 unspecified atom stereocenters. The maximum Gasteiger partial charge on any atom is 0.0653 e. The summed E-state index contributed by atoms with van der Waals surface area (Å²) in [6.07, 6.45) is 0. The van der Waals surface area contributed by atoms with Crippen molar-refractivity contribution in [2.45, 2.75) is 13.0 Å². The minimum absolute atomic E-state index is 0.114. The molecule has 1 atom stereocenters. The van der Waals surface area contributed by atoms with Crippen molar-refractivity contribution < 1.29 is 0 Å². The largest absolute Gasteiger partial charge is 0.377 e. The van der Waals surface area contributed by atoms with Crippen LogP contribution < -0.4 is 5.32 Å². The Hall–Kier alpha value is -0.410. The van der Waals surface area contributed by atoms with E-state index in [9.17, 15) is 0 Å². The Labute approximate surface area is 136 Å². The molecule has 0 aliphatic carbocycles. The highest BCUT2D eigenvalue weighted by atomic mass is 79.9. The van der Waals surface area contributed by atoms with Gasteiger partial charge in [-0.15, -0.1) is 0 Å². The Balaban J connectivity index is 2.21. The SMILES string of the molecule is CC(Nc1cc(Cl)c(Cl)cc1Cl)c1ccc(Br)cc1. The smallest absolute Gasteiger partial charge is 0.0653 e. The molecule has 1 N–H and O–H groups in total. The Kier molecular flexibility index (Phi) is 5.02. The van der Waals surface area contributed by atoms with Gasteiger partial charge in [0.25, 0.3) is 0 Å². The monoisotopic (exact) mass is 377 g/mol. The van der Waals surface area contributed by atoms with Crippen LogP contribution >= 0.6 is 50.7 Å². The molecule has 0 fully saturated rings. The second-order valence-electron chi connectivity index (χ2n) is 4.16. The van der Waals surface area contributed by atoms with E-state index < -0.39 is 0 Å². The molecule has 0 heterocycles. The zero-order chi connectivity index (χ0) is 14.0. The zero-order valence-electron chi connectivity index (χ0n) is 10.1. The van der Waals surface area contributed by atoms with Crippen LogP contribution in [0.4, 0.5) is 5.69 Å². The Morgan fingerprint density at radius 2 is 1.53 bits per heavy atom. The van der Waals surface area contributed by atoms with E-state index in [0.29, 0.717) is 15.1 Å². The molecular weight excluding hydrogens is 368 g/mol. The number of nitrogens with one attached hydrogen (secondary N) is 1. The topological polar surface area (TPSA) is 12.0 Å². The summed E-state index contributed by atoms with van der Waals surface area (Å²) in [5.41, 5.74) is 1.93. The van der Waals surface area contributed by atoms with Gasteiger partial charge < -0.3 is 5.32 Å². The van der Waals surface area contributed by atoms with Gasteiger partial charge in [0.15, 0.2) is 0 Å². The second-order valence-corrected chi connectivity index (χ2v) is 6.30. The van der Waals surface area contributed by atoms with Gasteiger partial charge in [-0.1, -0.05) is 62.9 Å². The maximum absolute atomic E-state index is 6.15. The molecule has 100 valence electrons. The first-order valence-electron chi connectivity index (χ1n) is 5.64. The molecule has 0 aliphatic heterocycles. The van der Waals surface area contributed by atoms with Gasteiger partial charge in [-0.05, 0) is 36.8 Å². The van der Waals surface area contributed by atoms with Crippen molar-refractivity contribution in [2.75, 3.05) is 5.32 Å². The van der Waals surface area contributed by atoms with Crippen LogP contribution in [0, 0.1) is 0 Å². The van der Waals surface area contributed by atoms with E-state index in [0.717, 1.165) is 15.7 Å². The van der Waals surface area contributed by atoms with Crippen LogP contribution in [0.1, 0.15) is 18.5 Å². The summed E-state index contributed by atoms with van der Waals surface area (Å²) in [6, 6.07) is 11.6. The zero-order valence-corrected chi connectivity index (χ0v) is 13.9. The number of anilines is 1. The fraction of sp³-hybridized carbons (Fsp3) is 0.143. The summed E-state index contributed by atoms with van der Waals surface area (Å²) in [5.74, 6) is 0. The van der Waals surface area contributed by atoms with Crippen LogP contribution in [0.25, 0.3) is 0 Å². The Morgan fingerprint density at radius 1 is 0.947 bits per heavy atom. The van der Waals surface area contributed by atoms with Gasteiger partial charge in [0, 0.05) is 10.5 Å². The van der Waals surface area contributed by atoms with Crippen molar-refractivity contribution in [1.82, 2.24) is 0 Å². The van der Waals surface area contributed by atoms with E-state index in [-0.39, 0.29) is 6.04 Å². The standard InChI is InChI=1S/C14H11BrCl3N/c1-8(9-2-4-10(15)5-3-9)19-14-7-12(17)11(16)6-13(14)18/h2-8,19H,1H3. The third kappa shape index (κ3) is 3.79. The molecule has 1 nitrogen and oxygen atoms in total. The van der Waals surface area contributed by atoms with Crippen LogP contribution in [0.5, 0.6) is 0 Å². The lowest BCUT2D eigenvalue weighted by atomic mass is 10.1. The molecule has 5 heteroatoms. The number of hydrogen-bond acceptors (Lipinski definition) is 1. The molecule has 0 aromatic heterocycles. The van der Waals surface area contributed by atoms with Gasteiger partial charge in [0.05, 0.1) is 20.8 Å². The summed E-state index contributed by atoms with van der Waals surface area (Å²) in [4.78, 5) is 0. The van der Waals surface area contributed by atoms with E-state index in [1.54, 1.807) is 12.1 Å². The fourth-order valence-electron chi connectivity index (χ4n) is 1.70. The minimum Gasteiger partial charge on any atom is -0.377 e. The Bertz CT molecular complexity index is 584. The lowest BCUT2D eigenvalue weighted by molar-refractivity contribution is 0.884. The van der Waals surface area contributed by atoms with Gasteiger partial charge in [-0.2, -0.15) is 0 Å². The number of hydrogen-bond donors (Lipinski definition) is 1. The summed E-state index contributed by atoms with van der Waals surface area (Å²) >= 11 is 21.5. The molecule has 0 aliphatic rings. The van der Waals surface area contributed by atoms with Crippen LogP contribution in [-0.2, 0) is 0 Å². The molecular formula is C14H11BrCl3N. The predicted molar refractivity (Wildman–Crippen MR) is 87.7 cm³/mol. The molecule has 2 rings (SSSR count). The lowest BCUT2D eigenvalue weighted by Gasteiger charge is -2.17. The average Bonchev–Trinajstić information content (AvgIpc) is 2.36. The first-order valence-corrected chi connectivity index (χ1v) is 7.56. The molecule has 0 saturated carbocycles. The normalized spacial score (nSPS) is 12.3. The summed E-state index contributed by atoms with van der Waals surface area (Å²) < 4.78 is 1.05. The summed E-state index contributed by atoms with van der Waals surface area (Å²) in [6.45, 7) is 2.06. The molecule has 0 spiro atoms. The highest BCUT2D eigenvalue weighted by molar-refractivity contribution is 9.10.